The van der Waals surface area contributed by atoms with Gasteiger partial charge >= 0.3 is 0 Å². The third kappa shape index (κ3) is 3.01. The Morgan fingerprint density at radius 1 is 1.23 bits per heavy atom. The summed E-state index contributed by atoms with van der Waals surface area (Å²) in [6.07, 6.45) is 5.99. The number of hydrogen-bond donors (Lipinski definition) is 0. The standard InChI is InChI=1S/C10H17N3/c1-3-5-9-13(4-2)10-11-7-6-8-12-10/h6-8H,3-5,9H2,1-2H3. The highest BCUT2D eigenvalue weighted by atomic mass is 15.2. The van der Waals surface area contributed by atoms with Gasteiger partial charge in [0.1, 0.15) is 0 Å². The van der Waals surface area contributed by atoms with Crippen molar-refractivity contribution in [1.82, 2.24) is 9.97 Å². The molecule has 0 aromatic carbocycles. The lowest BCUT2D eigenvalue weighted by Crippen LogP contribution is -2.25. The van der Waals surface area contributed by atoms with Gasteiger partial charge in [0.25, 0.3) is 0 Å². The molecule has 1 heterocycles. The molecule has 0 radical (unpaired) electrons. The number of unbranched alkanes of at least 4 members (excludes halogenated alkanes) is 1. The average Bonchev–Trinajstić information content (AvgIpc) is 2.21. The van der Waals surface area contributed by atoms with Crippen LogP contribution in [-0.2, 0) is 0 Å². The molecule has 0 amide bonds. The number of rotatable bonds is 5. The van der Waals surface area contributed by atoms with E-state index in [4.69, 9.17) is 0 Å². The zero-order valence-corrected chi connectivity index (χ0v) is 8.40. The van der Waals surface area contributed by atoms with Gasteiger partial charge in [0.05, 0.1) is 0 Å². The van der Waals surface area contributed by atoms with E-state index in [1.165, 1.54) is 12.8 Å². The normalized spacial score (nSPS) is 10.0. The van der Waals surface area contributed by atoms with Crippen LogP contribution in [-0.4, -0.2) is 23.1 Å². The molecule has 0 aliphatic carbocycles. The van der Waals surface area contributed by atoms with Gasteiger partial charge in [0, 0.05) is 25.5 Å². The highest BCUT2D eigenvalue weighted by Gasteiger charge is 2.04. The van der Waals surface area contributed by atoms with E-state index in [9.17, 15) is 0 Å². The van der Waals surface area contributed by atoms with Crippen molar-refractivity contribution < 1.29 is 0 Å². The number of aromatic nitrogens is 2. The van der Waals surface area contributed by atoms with Crippen LogP contribution in [0.1, 0.15) is 26.7 Å². The first-order valence-corrected chi connectivity index (χ1v) is 4.90. The van der Waals surface area contributed by atoms with Crippen molar-refractivity contribution in [2.24, 2.45) is 0 Å². The first-order chi connectivity index (χ1) is 6.38. The fourth-order valence-corrected chi connectivity index (χ4v) is 1.20. The predicted molar refractivity (Wildman–Crippen MR) is 54.8 cm³/mol. The first-order valence-electron chi connectivity index (χ1n) is 4.90. The monoisotopic (exact) mass is 179 g/mol. The summed E-state index contributed by atoms with van der Waals surface area (Å²) in [7, 11) is 0. The third-order valence-electron chi connectivity index (χ3n) is 2.00. The van der Waals surface area contributed by atoms with Crippen LogP contribution in [0.25, 0.3) is 0 Å². The largest absolute Gasteiger partial charge is 0.341 e. The number of anilines is 1. The lowest BCUT2D eigenvalue weighted by Gasteiger charge is -2.19. The van der Waals surface area contributed by atoms with E-state index >= 15 is 0 Å². The second kappa shape index (κ2) is 5.51. The Morgan fingerprint density at radius 2 is 1.92 bits per heavy atom. The van der Waals surface area contributed by atoms with Crippen molar-refractivity contribution >= 4 is 5.95 Å². The maximum atomic E-state index is 4.22. The van der Waals surface area contributed by atoms with Crippen molar-refractivity contribution in [3.8, 4) is 0 Å². The zero-order valence-electron chi connectivity index (χ0n) is 8.40. The van der Waals surface area contributed by atoms with Gasteiger partial charge in [0.2, 0.25) is 5.95 Å². The van der Waals surface area contributed by atoms with Crippen LogP contribution in [0.4, 0.5) is 5.95 Å². The molecule has 0 aliphatic rings. The second-order valence-electron chi connectivity index (χ2n) is 2.98. The molecular weight excluding hydrogens is 162 g/mol. The van der Waals surface area contributed by atoms with Crippen molar-refractivity contribution in [1.29, 1.82) is 0 Å². The summed E-state index contributed by atoms with van der Waals surface area (Å²) in [6, 6.07) is 1.84. The fraction of sp³-hybridized carbons (Fsp3) is 0.600. The average molecular weight is 179 g/mol. The van der Waals surface area contributed by atoms with E-state index in [2.05, 4.69) is 28.7 Å². The second-order valence-corrected chi connectivity index (χ2v) is 2.98. The molecule has 72 valence electrons. The van der Waals surface area contributed by atoms with Crippen molar-refractivity contribution in [2.45, 2.75) is 26.7 Å². The van der Waals surface area contributed by atoms with Gasteiger partial charge < -0.3 is 4.90 Å². The lowest BCUT2D eigenvalue weighted by atomic mass is 10.3. The summed E-state index contributed by atoms with van der Waals surface area (Å²) in [5.41, 5.74) is 0. The number of nitrogens with zero attached hydrogens (tertiary/aromatic N) is 3. The van der Waals surface area contributed by atoms with Crippen LogP contribution in [0.2, 0.25) is 0 Å². The first kappa shape index (κ1) is 9.96. The highest BCUT2D eigenvalue weighted by Crippen LogP contribution is 2.05. The van der Waals surface area contributed by atoms with E-state index in [1.807, 2.05) is 6.07 Å². The summed E-state index contributed by atoms with van der Waals surface area (Å²) >= 11 is 0. The minimum Gasteiger partial charge on any atom is -0.341 e. The summed E-state index contributed by atoms with van der Waals surface area (Å²) in [5, 5.41) is 0. The molecule has 13 heavy (non-hydrogen) atoms. The highest BCUT2D eigenvalue weighted by molar-refractivity contribution is 5.27. The molecule has 0 aliphatic heterocycles. The predicted octanol–water partition coefficient (Wildman–Crippen LogP) is 2.10. The van der Waals surface area contributed by atoms with Crippen molar-refractivity contribution in [3.63, 3.8) is 0 Å². The van der Waals surface area contributed by atoms with Gasteiger partial charge in [-0.05, 0) is 19.4 Å². The minimum absolute atomic E-state index is 0.846. The molecule has 3 heteroatoms. The molecule has 0 N–H and O–H groups in total. The molecule has 1 rings (SSSR count). The van der Waals surface area contributed by atoms with Gasteiger partial charge in [-0.1, -0.05) is 13.3 Å². The summed E-state index contributed by atoms with van der Waals surface area (Å²) in [4.78, 5) is 10.6. The Bertz CT molecular complexity index is 223. The van der Waals surface area contributed by atoms with E-state index in [-0.39, 0.29) is 0 Å². The van der Waals surface area contributed by atoms with Crippen LogP contribution >= 0.6 is 0 Å². The Hall–Kier alpha value is -1.12. The third-order valence-corrected chi connectivity index (χ3v) is 2.00. The van der Waals surface area contributed by atoms with Crippen LogP contribution in [0.3, 0.4) is 0 Å². The smallest absolute Gasteiger partial charge is 0.225 e. The molecule has 0 atom stereocenters. The molecular formula is C10H17N3. The summed E-state index contributed by atoms with van der Waals surface area (Å²) < 4.78 is 0. The van der Waals surface area contributed by atoms with Crippen LogP contribution < -0.4 is 4.90 Å². The van der Waals surface area contributed by atoms with Gasteiger partial charge in [-0.25, -0.2) is 9.97 Å². The van der Waals surface area contributed by atoms with E-state index in [1.54, 1.807) is 12.4 Å². The Labute approximate surface area is 79.8 Å². The molecule has 3 nitrogen and oxygen atoms in total. The van der Waals surface area contributed by atoms with Crippen molar-refractivity contribution in [3.05, 3.63) is 18.5 Å². The lowest BCUT2D eigenvalue weighted by molar-refractivity contribution is 0.714. The van der Waals surface area contributed by atoms with Gasteiger partial charge in [-0.15, -0.1) is 0 Å². The molecule has 0 unspecified atom stereocenters. The molecule has 0 saturated carbocycles. The van der Waals surface area contributed by atoms with E-state index < -0.39 is 0 Å². The summed E-state index contributed by atoms with van der Waals surface area (Å²) in [6.45, 7) is 6.35. The topological polar surface area (TPSA) is 29.0 Å². The number of hydrogen-bond acceptors (Lipinski definition) is 3. The molecule has 0 saturated heterocycles. The molecule has 0 fully saturated rings. The van der Waals surface area contributed by atoms with Crippen LogP contribution in [0.5, 0.6) is 0 Å². The minimum atomic E-state index is 0.846. The quantitative estimate of drug-likeness (QED) is 0.693. The fourth-order valence-electron chi connectivity index (χ4n) is 1.20. The van der Waals surface area contributed by atoms with E-state index in [0.29, 0.717) is 0 Å². The maximum absolute atomic E-state index is 4.22. The molecule has 1 aromatic rings. The zero-order chi connectivity index (χ0) is 9.52. The SMILES string of the molecule is CCCCN(CC)c1ncccn1. The molecule has 0 spiro atoms. The maximum Gasteiger partial charge on any atom is 0.225 e. The Balaban J connectivity index is 2.56. The van der Waals surface area contributed by atoms with Crippen molar-refractivity contribution in [2.75, 3.05) is 18.0 Å². The van der Waals surface area contributed by atoms with Gasteiger partial charge in [-0.2, -0.15) is 0 Å². The van der Waals surface area contributed by atoms with Crippen LogP contribution in [0.15, 0.2) is 18.5 Å². The summed E-state index contributed by atoms with van der Waals surface area (Å²) in [5.74, 6) is 0.846. The Kier molecular flexibility index (Phi) is 4.23. The van der Waals surface area contributed by atoms with Gasteiger partial charge in [0.15, 0.2) is 0 Å². The van der Waals surface area contributed by atoms with E-state index in [0.717, 1.165) is 19.0 Å². The van der Waals surface area contributed by atoms with Crippen LogP contribution in [0, 0.1) is 0 Å². The van der Waals surface area contributed by atoms with Gasteiger partial charge in [-0.3, -0.25) is 0 Å². The Morgan fingerprint density at radius 3 is 2.46 bits per heavy atom. The molecule has 0 bridgehead atoms. The molecule has 1 aromatic heterocycles.